The second kappa shape index (κ2) is 7.93. The van der Waals surface area contributed by atoms with Crippen LogP contribution in [0.15, 0.2) is 42.5 Å². The molecule has 0 unspecified atom stereocenters. The maximum atomic E-state index is 11.7. The first kappa shape index (κ1) is 17.9. The fourth-order valence-corrected chi connectivity index (χ4v) is 2.09. The van der Waals surface area contributed by atoms with E-state index in [0.717, 1.165) is 5.56 Å². The number of nitro groups is 1. The molecular formula is C18H18N4O3. The molecule has 2 rings (SSSR count). The molecule has 25 heavy (non-hydrogen) atoms. The molecule has 1 amide bonds. The zero-order valence-corrected chi connectivity index (χ0v) is 13.9. The van der Waals surface area contributed by atoms with Gasteiger partial charge in [0, 0.05) is 24.2 Å². The summed E-state index contributed by atoms with van der Waals surface area (Å²) in [6, 6.07) is 13.4. The number of amides is 1. The largest absolute Gasteiger partial charge is 0.375 e. The number of carbonyl (C=O) groups excluding carboxylic acids is 1. The van der Waals surface area contributed by atoms with Crippen LogP contribution in [0.4, 0.5) is 17.1 Å². The van der Waals surface area contributed by atoms with Crippen LogP contribution in [0.1, 0.15) is 25.0 Å². The Morgan fingerprint density at radius 1 is 1.24 bits per heavy atom. The third kappa shape index (κ3) is 4.78. The van der Waals surface area contributed by atoms with Gasteiger partial charge in [-0.25, -0.2) is 0 Å². The van der Waals surface area contributed by atoms with Crippen molar-refractivity contribution in [1.82, 2.24) is 0 Å². The molecule has 0 spiro atoms. The van der Waals surface area contributed by atoms with Crippen LogP contribution in [0.2, 0.25) is 0 Å². The molecule has 0 atom stereocenters. The highest BCUT2D eigenvalue weighted by Gasteiger charge is 2.14. The zero-order chi connectivity index (χ0) is 18.4. The lowest BCUT2D eigenvalue weighted by Gasteiger charge is -2.10. The number of hydrogen-bond acceptors (Lipinski definition) is 5. The molecule has 0 fully saturated rings. The molecule has 0 aliphatic heterocycles. The summed E-state index contributed by atoms with van der Waals surface area (Å²) in [6.45, 7) is 4.02. The number of nitrogens with one attached hydrogen (secondary N) is 2. The average Bonchev–Trinajstić information content (AvgIpc) is 2.60. The molecule has 0 aliphatic rings. The Balaban J connectivity index is 2.06. The molecule has 2 aromatic rings. The van der Waals surface area contributed by atoms with Crippen molar-refractivity contribution in [1.29, 1.82) is 5.26 Å². The number of benzene rings is 2. The van der Waals surface area contributed by atoms with E-state index in [1.165, 1.54) is 18.2 Å². The van der Waals surface area contributed by atoms with Gasteiger partial charge in [-0.2, -0.15) is 5.26 Å². The van der Waals surface area contributed by atoms with Crippen LogP contribution in [0, 0.1) is 27.4 Å². The summed E-state index contributed by atoms with van der Waals surface area (Å²) >= 11 is 0. The van der Waals surface area contributed by atoms with E-state index in [4.69, 9.17) is 5.26 Å². The lowest BCUT2D eigenvalue weighted by Crippen LogP contribution is -2.17. The van der Waals surface area contributed by atoms with Gasteiger partial charge in [0.25, 0.3) is 5.69 Å². The predicted octanol–water partition coefficient (Wildman–Crippen LogP) is 3.67. The highest BCUT2D eigenvalue weighted by atomic mass is 16.6. The molecule has 0 aliphatic carbocycles. The second-order valence-corrected chi connectivity index (χ2v) is 5.80. The van der Waals surface area contributed by atoms with Crippen molar-refractivity contribution in [2.45, 2.75) is 20.4 Å². The highest BCUT2D eigenvalue weighted by molar-refractivity contribution is 5.92. The Morgan fingerprint density at radius 2 is 1.92 bits per heavy atom. The topological polar surface area (TPSA) is 108 Å². The predicted molar refractivity (Wildman–Crippen MR) is 95.0 cm³/mol. The molecule has 128 valence electrons. The van der Waals surface area contributed by atoms with Crippen LogP contribution in [-0.4, -0.2) is 10.8 Å². The van der Waals surface area contributed by atoms with E-state index in [1.54, 1.807) is 12.1 Å². The van der Waals surface area contributed by atoms with Crippen molar-refractivity contribution in [3.63, 3.8) is 0 Å². The van der Waals surface area contributed by atoms with E-state index >= 15 is 0 Å². The summed E-state index contributed by atoms with van der Waals surface area (Å²) in [4.78, 5) is 22.3. The van der Waals surface area contributed by atoms with E-state index in [-0.39, 0.29) is 23.1 Å². The fraction of sp³-hybridized carbons (Fsp3) is 0.222. The van der Waals surface area contributed by atoms with E-state index in [2.05, 4.69) is 10.6 Å². The van der Waals surface area contributed by atoms with E-state index < -0.39 is 4.92 Å². The molecule has 2 aromatic carbocycles. The van der Waals surface area contributed by atoms with Crippen LogP contribution in [0.3, 0.4) is 0 Å². The Morgan fingerprint density at radius 3 is 2.48 bits per heavy atom. The molecule has 0 aromatic heterocycles. The van der Waals surface area contributed by atoms with Crippen LogP contribution in [-0.2, 0) is 11.3 Å². The number of rotatable bonds is 6. The van der Waals surface area contributed by atoms with Gasteiger partial charge in [-0.05, 0) is 29.8 Å². The second-order valence-electron chi connectivity index (χ2n) is 5.80. The summed E-state index contributed by atoms with van der Waals surface area (Å²) in [5, 5.41) is 25.8. The van der Waals surface area contributed by atoms with Gasteiger partial charge in [0.05, 0.1) is 16.6 Å². The standard InChI is InChI=1S/C18H18N4O3/c1-12(2)18(23)21-15-6-3-13(4-7-15)11-20-16-8-5-14(10-19)9-17(16)22(24)25/h3-9,12,20H,11H2,1-2H3,(H,21,23). The lowest BCUT2D eigenvalue weighted by atomic mass is 10.1. The van der Waals surface area contributed by atoms with Crippen molar-refractivity contribution in [2.24, 2.45) is 5.92 Å². The Bertz CT molecular complexity index is 823. The monoisotopic (exact) mass is 338 g/mol. The Hall–Kier alpha value is -3.40. The van der Waals surface area contributed by atoms with Gasteiger partial charge in [0.1, 0.15) is 5.69 Å². The molecule has 7 heteroatoms. The molecule has 0 heterocycles. The maximum absolute atomic E-state index is 11.7. The van der Waals surface area contributed by atoms with Gasteiger partial charge in [-0.3, -0.25) is 14.9 Å². The van der Waals surface area contributed by atoms with Crippen LogP contribution in [0.5, 0.6) is 0 Å². The lowest BCUT2D eigenvalue weighted by molar-refractivity contribution is -0.384. The van der Waals surface area contributed by atoms with Crippen molar-refractivity contribution in [3.05, 3.63) is 63.7 Å². The SMILES string of the molecule is CC(C)C(=O)Nc1ccc(CNc2ccc(C#N)cc2[N+](=O)[O-])cc1. The van der Waals surface area contributed by atoms with Gasteiger partial charge in [0.2, 0.25) is 5.91 Å². The van der Waals surface area contributed by atoms with Gasteiger partial charge >= 0.3 is 0 Å². The van der Waals surface area contributed by atoms with Gasteiger partial charge in [-0.15, -0.1) is 0 Å². The van der Waals surface area contributed by atoms with E-state index in [0.29, 0.717) is 17.9 Å². The first-order chi connectivity index (χ1) is 11.9. The third-order valence-electron chi connectivity index (χ3n) is 3.55. The smallest absolute Gasteiger partial charge is 0.293 e. The van der Waals surface area contributed by atoms with Crippen molar-refractivity contribution in [3.8, 4) is 6.07 Å². The summed E-state index contributed by atoms with van der Waals surface area (Å²) < 4.78 is 0. The Kier molecular flexibility index (Phi) is 5.69. The Labute approximate surface area is 145 Å². The first-order valence-electron chi connectivity index (χ1n) is 7.73. The molecular weight excluding hydrogens is 320 g/mol. The van der Waals surface area contributed by atoms with Gasteiger partial charge in [-0.1, -0.05) is 26.0 Å². The minimum atomic E-state index is -0.520. The summed E-state index contributed by atoms with van der Waals surface area (Å²) in [6.07, 6.45) is 0. The van der Waals surface area contributed by atoms with Crippen LogP contribution in [0.25, 0.3) is 0 Å². The quantitative estimate of drug-likeness (QED) is 0.617. The summed E-state index contributed by atoms with van der Waals surface area (Å²) in [7, 11) is 0. The number of carbonyl (C=O) groups is 1. The first-order valence-corrected chi connectivity index (χ1v) is 7.73. The number of nitriles is 1. The fourth-order valence-electron chi connectivity index (χ4n) is 2.09. The number of hydrogen-bond donors (Lipinski definition) is 2. The molecule has 0 saturated carbocycles. The van der Waals surface area contributed by atoms with Crippen molar-refractivity contribution < 1.29 is 9.72 Å². The molecule has 0 radical (unpaired) electrons. The van der Waals surface area contributed by atoms with Crippen molar-refractivity contribution in [2.75, 3.05) is 10.6 Å². The van der Waals surface area contributed by atoms with Crippen molar-refractivity contribution >= 4 is 23.0 Å². The number of nitro benzene ring substituents is 1. The van der Waals surface area contributed by atoms with Gasteiger partial charge < -0.3 is 10.6 Å². The number of nitrogens with zero attached hydrogens (tertiary/aromatic N) is 2. The normalized spacial score (nSPS) is 10.2. The molecule has 7 nitrogen and oxygen atoms in total. The summed E-state index contributed by atoms with van der Waals surface area (Å²) in [5.41, 5.74) is 2.05. The minimum absolute atomic E-state index is 0.0564. The maximum Gasteiger partial charge on any atom is 0.293 e. The van der Waals surface area contributed by atoms with Crippen LogP contribution >= 0.6 is 0 Å². The summed E-state index contributed by atoms with van der Waals surface area (Å²) in [5.74, 6) is -0.155. The molecule has 2 N–H and O–H groups in total. The molecule has 0 saturated heterocycles. The average molecular weight is 338 g/mol. The zero-order valence-electron chi connectivity index (χ0n) is 13.9. The third-order valence-corrected chi connectivity index (χ3v) is 3.55. The number of anilines is 2. The van der Waals surface area contributed by atoms with Crippen LogP contribution < -0.4 is 10.6 Å². The highest BCUT2D eigenvalue weighted by Crippen LogP contribution is 2.26. The minimum Gasteiger partial charge on any atom is -0.375 e. The van der Waals surface area contributed by atoms with E-state index in [1.807, 2.05) is 32.0 Å². The van der Waals surface area contributed by atoms with Gasteiger partial charge in [0.15, 0.2) is 0 Å². The van der Waals surface area contributed by atoms with E-state index in [9.17, 15) is 14.9 Å². The molecule has 0 bridgehead atoms.